The lowest BCUT2D eigenvalue weighted by Gasteiger charge is -2.18. The van der Waals surface area contributed by atoms with Gasteiger partial charge in [-0.2, -0.15) is 0 Å². The molecule has 0 spiro atoms. The van der Waals surface area contributed by atoms with Crippen LogP contribution in [0.15, 0.2) is 69.9 Å². The van der Waals surface area contributed by atoms with Crippen molar-refractivity contribution in [1.82, 2.24) is 9.55 Å². The second kappa shape index (κ2) is 9.58. The summed E-state index contributed by atoms with van der Waals surface area (Å²) in [5.74, 6) is 0.836. The van der Waals surface area contributed by atoms with E-state index in [1.165, 1.54) is 23.1 Å². The number of fused-ring (bicyclic) bond motifs is 1. The Labute approximate surface area is 194 Å². The fourth-order valence-corrected chi connectivity index (χ4v) is 5.02. The van der Waals surface area contributed by atoms with Gasteiger partial charge in [-0.25, -0.2) is 4.98 Å². The minimum atomic E-state index is -0.102. The van der Waals surface area contributed by atoms with Gasteiger partial charge in [-0.15, -0.1) is 11.3 Å². The van der Waals surface area contributed by atoms with E-state index >= 15 is 0 Å². The lowest BCUT2D eigenvalue weighted by Crippen LogP contribution is -2.29. The van der Waals surface area contributed by atoms with Crippen molar-refractivity contribution in [3.05, 3.63) is 81.5 Å². The van der Waals surface area contributed by atoms with Crippen LogP contribution in [0.2, 0.25) is 0 Å². The molecule has 0 fully saturated rings. The van der Waals surface area contributed by atoms with Crippen LogP contribution in [0.3, 0.4) is 0 Å². The monoisotopic (exact) mass is 465 g/mol. The molecule has 0 saturated carbocycles. The zero-order valence-electron chi connectivity index (χ0n) is 18.1. The number of anilines is 1. The first kappa shape index (κ1) is 22.1. The third-order valence-corrected chi connectivity index (χ3v) is 6.95. The molecule has 8 heteroatoms. The predicted molar refractivity (Wildman–Crippen MR) is 131 cm³/mol. The van der Waals surface area contributed by atoms with Crippen LogP contribution in [0.5, 0.6) is 5.75 Å². The minimum absolute atomic E-state index is 0.0619. The van der Waals surface area contributed by atoms with Crippen LogP contribution in [0, 0.1) is 6.92 Å². The zero-order chi connectivity index (χ0) is 22.7. The molecule has 0 saturated heterocycles. The highest BCUT2D eigenvalue weighted by Crippen LogP contribution is 2.24. The van der Waals surface area contributed by atoms with Gasteiger partial charge in [-0.3, -0.25) is 14.2 Å². The number of benzene rings is 2. The van der Waals surface area contributed by atoms with Gasteiger partial charge >= 0.3 is 0 Å². The number of carbonyl (C=O) groups excluding carboxylic acids is 1. The van der Waals surface area contributed by atoms with Gasteiger partial charge in [0.1, 0.15) is 10.4 Å². The summed E-state index contributed by atoms with van der Waals surface area (Å²) in [7, 11) is 3.37. The number of aromatic nitrogens is 2. The summed E-state index contributed by atoms with van der Waals surface area (Å²) in [6.45, 7) is 2.34. The largest absolute Gasteiger partial charge is 0.497 e. The molecule has 0 radical (unpaired) electrons. The highest BCUT2D eigenvalue weighted by molar-refractivity contribution is 7.99. The summed E-state index contributed by atoms with van der Waals surface area (Å²) in [5, 5.41) is 2.38. The van der Waals surface area contributed by atoms with Crippen molar-refractivity contribution >= 4 is 44.9 Å². The van der Waals surface area contributed by atoms with Crippen LogP contribution in [-0.2, 0) is 11.3 Å². The normalized spacial score (nSPS) is 11.0. The standard InChI is InChI=1S/C24H23N3O3S2/c1-16-6-4-8-18(12-16)26(2)21(28)15-32-24-25-20-10-11-31-22(20)23(29)27(24)14-17-7-5-9-19(13-17)30-3/h4-13H,14-15H2,1-3H3. The summed E-state index contributed by atoms with van der Waals surface area (Å²) < 4.78 is 7.56. The molecule has 0 unspecified atom stereocenters. The van der Waals surface area contributed by atoms with Crippen LogP contribution in [0.25, 0.3) is 10.2 Å². The highest BCUT2D eigenvalue weighted by Gasteiger charge is 2.17. The van der Waals surface area contributed by atoms with Gasteiger partial charge in [0.15, 0.2) is 5.16 Å². The molecule has 0 atom stereocenters. The zero-order valence-corrected chi connectivity index (χ0v) is 19.7. The van der Waals surface area contributed by atoms with Crippen molar-refractivity contribution in [2.24, 2.45) is 0 Å². The number of methoxy groups -OCH3 is 1. The SMILES string of the molecule is COc1cccc(Cn2c(SCC(=O)N(C)c3cccc(C)c3)nc3ccsc3c2=O)c1. The van der Waals surface area contributed by atoms with Gasteiger partial charge in [0, 0.05) is 12.7 Å². The van der Waals surface area contributed by atoms with Crippen LogP contribution in [0.1, 0.15) is 11.1 Å². The molecule has 1 amide bonds. The molecular formula is C24H23N3O3S2. The Kier molecular flexibility index (Phi) is 6.62. The third kappa shape index (κ3) is 4.71. The summed E-state index contributed by atoms with van der Waals surface area (Å²) >= 11 is 2.66. The second-order valence-corrected chi connectivity index (χ2v) is 9.21. The fraction of sp³-hybridized carbons (Fsp3) is 0.208. The first-order valence-corrected chi connectivity index (χ1v) is 11.9. The Hall–Kier alpha value is -3.10. The van der Waals surface area contributed by atoms with E-state index in [4.69, 9.17) is 4.74 Å². The molecule has 2 heterocycles. The Morgan fingerprint density at radius 3 is 2.78 bits per heavy atom. The Morgan fingerprint density at radius 2 is 2.00 bits per heavy atom. The maximum absolute atomic E-state index is 13.2. The van der Waals surface area contributed by atoms with Gasteiger partial charge in [-0.05, 0) is 53.8 Å². The van der Waals surface area contributed by atoms with Crippen LogP contribution in [0.4, 0.5) is 5.69 Å². The van der Waals surface area contributed by atoms with E-state index in [0.717, 1.165) is 22.6 Å². The third-order valence-electron chi connectivity index (χ3n) is 5.09. The van der Waals surface area contributed by atoms with Gasteiger partial charge in [0.2, 0.25) is 5.91 Å². The molecule has 4 aromatic rings. The molecule has 0 N–H and O–H groups in total. The maximum Gasteiger partial charge on any atom is 0.272 e. The fourth-order valence-electron chi connectivity index (χ4n) is 3.33. The molecule has 6 nitrogen and oxygen atoms in total. The van der Waals surface area contributed by atoms with Crippen molar-refractivity contribution in [1.29, 1.82) is 0 Å². The number of hydrogen-bond acceptors (Lipinski definition) is 6. The summed E-state index contributed by atoms with van der Waals surface area (Å²) in [6.07, 6.45) is 0. The van der Waals surface area contributed by atoms with Crippen molar-refractivity contribution in [3.63, 3.8) is 0 Å². The Morgan fingerprint density at radius 1 is 1.19 bits per heavy atom. The van der Waals surface area contributed by atoms with E-state index < -0.39 is 0 Å². The minimum Gasteiger partial charge on any atom is -0.497 e. The summed E-state index contributed by atoms with van der Waals surface area (Å²) in [6, 6.07) is 17.2. The van der Waals surface area contributed by atoms with Crippen molar-refractivity contribution in [2.45, 2.75) is 18.6 Å². The molecule has 0 aliphatic rings. The van der Waals surface area contributed by atoms with Crippen molar-refractivity contribution in [2.75, 3.05) is 24.8 Å². The number of thioether (sulfide) groups is 1. The number of carbonyl (C=O) groups is 1. The summed E-state index contributed by atoms with van der Waals surface area (Å²) in [5.41, 5.74) is 3.41. The smallest absolute Gasteiger partial charge is 0.272 e. The highest BCUT2D eigenvalue weighted by atomic mass is 32.2. The maximum atomic E-state index is 13.2. The van der Waals surface area contributed by atoms with Gasteiger partial charge in [0.05, 0.1) is 24.9 Å². The lowest BCUT2D eigenvalue weighted by atomic mass is 10.2. The number of hydrogen-bond donors (Lipinski definition) is 0. The average molecular weight is 466 g/mol. The molecular weight excluding hydrogens is 442 g/mol. The number of nitrogens with zero attached hydrogens (tertiary/aromatic N) is 3. The molecule has 4 rings (SSSR count). The number of thiophene rings is 1. The number of aryl methyl sites for hydroxylation is 1. The van der Waals surface area contributed by atoms with Gasteiger partial charge < -0.3 is 9.64 Å². The van der Waals surface area contributed by atoms with E-state index in [2.05, 4.69) is 4.98 Å². The topological polar surface area (TPSA) is 64.4 Å². The number of ether oxygens (including phenoxy) is 1. The van der Waals surface area contributed by atoms with E-state index in [0.29, 0.717) is 21.9 Å². The van der Waals surface area contributed by atoms with E-state index in [1.54, 1.807) is 23.6 Å². The molecule has 0 aliphatic carbocycles. The van der Waals surface area contributed by atoms with Gasteiger partial charge in [0.25, 0.3) is 5.56 Å². The van der Waals surface area contributed by atoms with Crippen molar-refractivity contribution < 1.29 is 9.53 Å². The summed E-state index contributed by atoms with van der Waals surface area (Å²) in [4.78, 5) is 32.4. The first-order valence-electron chi connectivity index (χ1n) is 10.0. The lowest BCUT2D eigenvalue weighted by molar-refractivity contribution is -0.115. The van der Waals surface area contributed by atoms with E-state index in [1.807, 2.05) is 66.9 Å². The number of amides is 1. The van der Waals surface area contributed by atoms with Crippen molar-refractivity contribution in [3.8, 4) is 5.75 Å². The molecule has 2 aromatic carbocycles. The Bertz CT molecular complexity index is 1330. The van der Waals surface area contributed by atoms with Crippen LogP contribution >= 0.6 is 23.1 Å². The predicted octanol–water partition coefficient (Wildman–Crippen LogP) is 4.58. The Balaban J connectivity index is 1.62. The second-order valence-electron chi connectivity index (χ2n) is 7.35. The molecule has 32 heavy (non-hydrogen) atoms. The van der Waals surface area contributed by atoms with Gasteiger partial charge in [-0.1, -0.05) is 36.0 Å². The molecule has 164 valence electrons. The van der Waals surface area contributed by atoms with Crippen LogP contribution < -0.4 is 15.2 Å². The molecule has 0 aliphatic heterocycles. The first-order chi connectivity index (χ1) is 15.5. The number of rotatable bonds is 7. The molecule has 0 bridgehead atoms. The molecule has 2 aromatic heterocycles. The average Bonchev–Trinajstić information content (AvgIpc) is 3.28. The van der Waals surface area contributed by atoms with E-state index in [-0.39, 0.29) is 17.2 Å². The van der Waals surface area contributed by atoms with E-state index in [9.17, 15) is 9.59 Å². The quantitative estimate of drug-likeness (QED) is 0.295. The van der Waals surface area contributed by atoms with Crippen LogP contribution in [-0.4, -0.2) is 35.4 Å².